The molecule has 4 unspecified atom stereocenters. The van der Waals surface area contributed by atoms with Crippen molar-refractivity contribution >= 4 is 0 Å². The molecule has 3 nitrogen and oxygen atoms in total. The van der Waals surface area contributed by atoms with Gasteiger partial charge in [0.1, 0.15) is 0 Å². The van der Waals surface area contributed by atoms with E-state index in [1.807, 2.05) is 0 Å². The second kappa shape index (κ2) is 3.23. The van der Waals surface area contributed by atoms with E-state index in [-0.39, 0.29) is 0 Å². The molecule has 0 aromatic carbocycles. The van der Waals surface area contributed by atoms with Crippen molar-refractivity contribution in [2.75, 3.05) is 6.54 Å². The summed E-state index contributed by atoms with van der Waals surface area (Å²) in [6.07, 6.45) is 7.32. The number of fused-ring (bicyclic) bond motifs is 3. The SMILES string of the molecule is C1CC2CCC3CNNNC3C2C1. The van der Waals surface area contributed by atoms with E-state index in [4.69, 9.17) is 0 Å². The molecule has 0 amide bonds. The molecule has 74 valence electrons. The van der Waals surface area contributed by atoms with Crippen LogP contribution in [-0.4, -0.2) is 12.6 Å². The Morgan fingerprint density at radius 2 is 1.85 bits per heavy atom. The van der Waals surface area contributed by atoms with E-state index < -0.39 is 0 Å². The zero-order chi connectivity index (χ0) is 8.67. The van der Waals surface area contributed by atoms with Gasteiger partial charge in [-0.1, -0.05) is 12.8 Å². The van der Waals surface area contributed by atoms with E-state index in [0.29, 0.717) is 0 Å². The summed E-state index contributed by atoms with van der Waals surface area (Å²) in [6.45, 7) is 1.15. The van der Waals surface area contributed by atoms with Crippen LogP contribution in [0.25, 0.3) is 0 Å². The Morgan fingerprint density at radius 1 is 0.923 bits per heavy atom. The zero-order valence-corrected chi connectivity index (χ0v) is 8.05. The number of hydrogen-bond donors (Lipinski definition) is 3. The van der Waals surface area contributed by atoms with Crippen molar-refractivity contribution in [3.63, 3.8) is 0 Å². The van der Waals surface area contributed by atoms with Crippen LogP contribution in [-0.2, 0) is 0 Å². The monoisotopic (exact) mass is 181 g/mol. The molecule has 0 bridgehead atoms. The molecule has 0 aromatic heterocycles. The molecule has 2 aliphatic carbocycles. The first-order valence-corrected chi connectivity index (χ1v) is 5.68. The summed E-state index contributed by atoms with van der Waals surface area (Å²) in [5.41, 5.74) is 9.73. The second-order valence-electron chi connectivity index (χ2n) is 4.87. The Balaban J connectivity index is 1.77. The first kappa shape index (κ1) is 8.21. The average molecular weight is 181 g/mol. The van der Waals surface area contributed by atoms with Gasteiger partial charge in [0.25, 0.3) is 0 Å². The van der Waals surface area contributed by atoms with Gasteiger partial charge in [-0.3, -0.25) is 0 Å². The molecule has 3 heteroatoms. The summed E-state index contributed by atoms with van der Waals surface area (Å²) in [5, 5.41) is 0. The summed E-state index contributed by atoms with van der Waals surface area (Å²) in [5.74, 6) is 2.88. The lowest BCUT2D eigenvalue weighted by Gasteiger charge is -2.43. The van der Waals surface area contributed by atoms with E-state index in [2.05, 4.69) is 16.4 Å². The highest BCUT2D eigenvalue weighted by Gasteiger charge is 2.42. The standard InChI is InChI=1S/C10H19N3/c1-2-7-4-5-8-6-11-13-12-10(8)9(7)3-1/h7-13H,1-6H2. The Morgan fingerprint density at radius 3 is 2.85 bits per heavy atom. The molecule has 3 rings (SSSR count). The molecule has 1 heterocycles. The first-order valence-electron chi connectivity index (χ1n) is 5.68. The third-order valence-corrected chi connectivity index (χ3v) is 4.29. The number of nitrogens with one attached hydrogen (secondary N) is 3. The Hall–Kier alpha value is -0.120. The minimum absolute atomic E-state index is 0.752. The third-order valence-electron chi connectivity index (χ3n) is 4.29. The van der Waals surface area contributed by atoms with E-state index in [1.165, 1.54) is 32.1 Å². The van der Waals surface area contributed by atoms with E-state index in [1.54, 1.807) is 0 Å². The molecule has 0 radical (unpaired) electrons. The van der Waals surface area contributed by atoms with Crippen LogP contribution < -0.4 is 16.4 Å². The molecule has 2 saturated carbocycles. The highest BCUT2D eigenvalue weighted by molar-refractivity contribution is 4.95. The van der Waals surface area contributed by atoms with Crippen LogP contribution in [0.3, 0.4) is 0 Å². The van der Waals surface area contributed by atoms with E-state index in [9.17, 15) is 0 Å². The van der Waals surface area contributed by atoms with Crippen LogP contribution in [0.15, 0.2) is 0 Å². The minimum atomic E-state index is 0.752. The molecule has 3 fully saturated rings. The molecule has 3 N–H and O–H groups in total. The van der Waals surface area contributed by atoms with Crippen molar-refractivity contribution in [2.24, 2.45) is 17.8 Å². The Labute approximate surface area is 79.6 Å². The molecule has 4 atom stereocenters. The lowest BCUT2D eigenvalue weighted by molar-refractivity contribution is 0.0848. The average Bonchev–Trinajstić information content (AvgIpc) is 2.65. The van der Waals surface area contributed by atoms with Gasteiger partial charge in [-0.2, -0.15) is 5.53 Å². The van der Waals surface area contributed by atoms with Crippen LogP contribution in [0.5, 0.6) is 0 Å². The normalized spacial score (nSPS) is 49.8. The van der Waals surface area contributed by atoms with Crippen molar-refractivity contribution in [2.45, 2.75) is 38.1 Å². The topological polar surface area (TPSA) is 36.1 Å². The van der Waals surface area contributed by atoms with Gasteiger partial charge in [-0.15, -0.1) is 0 Å². The smallest absolute Gasteiger partial charge is 0.0297 e. The largest absolute Gasteiger partial charge is 0.244 e. The van der Waals surface area contributed by atoms with Crippen LogP contribution in [0.2, 0.25) is 0 Å². The van der Waals surface area contributed by atoms with Crippen molar-refractivity contribution in [1.82, 2.24) is 16.4 Å². The van der Waals surface area contributed by atoms with Gasteiger partial charge >= 0.3 is 0 Å². The molecule has 1 saturated heterocycles. The van der Waals surface area contributed by atoms with Gasteiger partial charge in [0.15, 0.2) is 0 Å². The van der Waals surface area contributed by atoms with Gasteiger partial charge in [0.2, 0.25) is 0 Å². The highest BCUT2D eigenvalue weighted by Crippen LogP contribution is 2.44. The van der Waals surface area contributed by atoms with Crippen molar-refractivity contribution in [3.05, 3.63) is 0 Å². The molecular formula is C10H19N3. The van der Waals surface area contributed by atoms with Crippen LogP contribution in [0, 0.1) is 17.8 Å². The minimum Gasteiger partial charge on any atom is -0.244 e. The van der Waals surface area contributed by atoms with Gasteiger partial charge in [0.05, 0.1) is 0 Å². The van der Waals surface area contributed by atoms with Crippen molar-refractivity contribution in [3.8, 4) is 0 Å². The zero-order valence-electron chi connectivity index (χ0n) is 8.05. The number of hydrazine groups is 2. The summed E-state index contributed by atoms with van der Waals surface area (Å²) in [7, 11) is 0. The van der Waals surface area contributed by atoms with Gasteiger partial charge in [-0.25, -0.2) is 10.9 Å². The second-order valence-corrected chi connectivity index (χ2v) is 4.87. The fourth-order valence-corrected chi connectivity index (χ4v) is 3.62. The van der Waals surface area contributed by atoms with Gasteiger partial charge in [-0.05, 0) is 37.0 Å². The third kappa shape index (κ3) is 1.30. The quantitative estimate of drug-likeness (QED) is 0.517. The summed E-state index contributed by atoms with van der Waals surface area (Å²) >= 11 is 0. The first-order chi connectivity index (χ1) is 6.45. The van der Waals surface area contributed by atoms with Crippen molar-refractivity contribution < 1.29 is 0 Å². The van der Waals surface area contributed by atoms with E-state index in [0.717, 1.165) is 30.3 Å². The van der Waals surface area contributed by atoms with Crippen molar-refractivity contribution in [1.29, 1.82) is 0 Å². The van der Waals surface area contributed by atoms with Crippen LogP contribution >= 0.6 is 0 Å². The molecule has 13 heavy (non-hydrogen) atoms. The van der Waals surface area contributed by atoms with Gasteiger partial charge < -0.3 is 0 Å². The molecular weight excluding hydrogens is 162 g/mol. The van der Waals surface area contributed by atoms with E-state index >= 15 is 0 Å². The summed E-state index contributed by atoms with van der Waals surface area (Å²) < 4.78 is 0. The summed E-state index contributed by atoms with van der Waals surface area (Å²) in [4.78, 5) is 0. The number of rotatable bonds is 0. The molecule has 0 aromatic rings. The van der Waals surface area contributed by atoms with Crippen LogP contribution in [0.4, 0.5) is 0 Å². The lowest BCUT2D eigenvalue weighted by Crippen LogP contribution is -2.63. The Bertz CT molecular complexity index is 195. The fourth-order valence-electron chi connectivity index (χ4n) is 3.62. The molecule has 1 aliphatic heterocycles. The lowest BCUT2D eigenvalue weighted by atomic mass is 9.72. The maximum atomic E-state index is 3.43. The molecule has 0 spiro atoms. The predicted molar refractivity (Wildman–Crippen MR) is 51.6 cm³/mol. The Kier molecular flexibility index (Phi) is 2.04. The summed E-state index contributed by atoms with van der Waals surface area (Å²) in [6, 6.07) is 0.752. The van der Waals surface area contributed by atoms with Crippen LogP contribution in [0.1, 0.15) is 32.1 Å². The van der Waals surface area contributed by atoms with Gasteiger partial charge in [0, 0.05) is 12.6 Å². The highest BCUT2D eigenvalue weighted by atomic mass is 15.6. The predicted octanol–water partition coefficient (Wildman–Crippen LogP) is 0.794. The maximum Gasteiger partial charge on any atom is 0.0297 e. The molecule has 3 aliphatic rings. The fraction of sp³-hybridized carbons (Fsp3) is 1.00. The number of hydrogen-bond acceptors (Lipinski definition) is 3. The maximum absolute atomic E-state index is 3.43.